The fourth-order valence-electron chi connectivity index (χ4n) is 4.04. The molecule has 4 nitrogen and oxygen atoms in total. The van der Waals surface area contributed by atoms with Crippen molar-refractivity contribution in [2.45, 2.75) is 97.0 Å². The van der Waals surface area contributed by atoms with Gasteiger partial charge in [0.1, 0.15) is 0 Å². The van der Waals surface area contributed by atoms with Crippen LogP contribution in [0.1, 0.15) is 101 Å². The first-order valence-electron chi connectivity index (χ1n) is 10.5. The summed E-state index contributed by atoms with van der Waals surface area (Å²) in [5, 5.41) is 13.0. The van der Waals surface area contributed by atoms with Crippen LogP contribution in [0.4, 0.5) is 0 Å². The molecule has 1 saturated heterocycles. The predicted octanol–water partition coefficient (Wildman–Crippen LogP) is 4.94. The lowest BCUT2D eigenvalue weighted by molar-refractivity contribution is -0.120. The second kappa shape index (κ2) is 9.23. The van der Waals surface area contributed by atoms with Crippen LogP contribution in [-0.4, -0.2) is 29.3 Å². The van der Waals surface area contributed by atoms with Gasteiger partial charge in [0, 0.05) is 0 Å². The van der Waals surface area contributed by atoms with Gasteiger partial charge in [-0.25, -0.2) is 0 Å². The summed E-state index contributed by atoms with van der Waals surface area (Å²) in [4.78, 5) is 11.9. The van der Waals surface area contributed by atoms with Gasteiger partial charge in [0.15, 0.2) is 0 Å². The molecule has 1 heterocycles. The highest BCUT2D eigenvalue weighted by Gasteiger charge is 2.38. The van der Waals surface area contributed by atoms with E-state index >= 15 is 0 Å². The van der Waals surface area contributed by atoms with E-state index in [2.05, 4.69) is 72.5 Å². The second-order valence-electron chi connectivity index (χ2n) is 8.92. The molecule has 1 aliphatic rings. The Morgan fingerprint density at radius 1 is 1.07 bits per heavy atom. The lowest BCUT2D eigenvalue weighted by atomic mass is 9.82. The maximum absolute atomic E-state index is 11.9. The van der Waals surface area contributed by atoms with Crippen molar-refractivity contribution in [1.29, 1.82) is 0 Å². The van der Waals surface area contributed by atoms with Gasteiger partial charge in [-0.1, -0.05) is 59.8 Å². The van der Waals surface area contributed by atoms with Crippen molar-refractivity contribution in [3.8, 4) is 0 Å². The van der Waals surface area contributed by atoms with E-state index in [0.29, 0.717) is 17.8 Å². The Morgan fingerprint density at radius 2 is 1.61 bits per heavy atom. The van der Waals surface area contributed by atoms with Gasteiger partial charge >= 0.3 is 0 Å². The third-order valence-corrected chi connectivity index (χ3v) is 5.69. The zero-order chi connectivity index (χ0) is 21.2. The summed E-state index contributed by atoms with van der Waals surface area (Å²) in [5.74, 6) is 1.11. The van der Waals surface area contributed by atoms with Gasteiger partial charge in [0.25, 0.3) is 0 Å². The summed E-state index contributed by atoms with van der Waals surface area (Å²) in [6, 6.07) is 4.17. The van der Waals surface area contributed by atoms with Crippen molar-refractivity contribution in [2.75, 3.05) is 0 Å². The molecule has 0 aliphatic carbocycles. The number of benzene rings is 1. The van der Waals surface area contributed by atoms with E-state index in [1.807, 2.05) is 0 Å². The molecule has 0 unspecified atom stereocenters. The van der Waals surface area contributed by atoms with E-state index in [-0.39, 0.29) is 24.5 Å². The Kier molecular flexibility index (Phi) is 7.46. The smallest absolute Gasteiger partial charge is 0.223 e. The number of carbonyl (C=O) groups is 1. The molecule has 0 bridgehead atoms. The Balaban J connectivity index is 2.44. The first-order chi connectivity index (χ1) is 13.1. The largest absolute Gasteiger partial charge is 0.387 e. The molecule has 28 heavy (non-hydrogen) atoms. The van der Waals surface area contributed by atoms with Crippen molar-refractivity contribution < 1.29 is 14.6 Å². The number of amides is 1. The van der Waals surface area contributed by atoms with Gasteiger partial charge in [0.05, 0.1) is 30.8 Å². The molecule has 1 aromatic rings. The number of nitrogens with one attached hydrogen (secondary N) is 1. The summed E-state index contributed by atoms with van der Waals surface area (Å²) < 4.78 is 6.39. The molecule has 4 atom stereocenters. The minimum absolute atomic E-state index is 0.0913. The van der Waals surface area contributed by atoms with Crippen molar-refractivity contribution in [3.63, 3.8) is 0 Å². The molecule has 156 valence electrons. The number of carbonyl (C=O) groups excluding carboxylic acids is 1. The summed E-state index contributed by atoms with van der Waals surface area (Å²) in [6.45, 7) is 19.0. The Bertz CT molecular complexity index is 679. The third-order valence-electron chi connectivity index (χ3n) is 5.69. The molecule has 0 aromatic heterocycles. The lowest BCUT2D eigenvalue weighted by Gasteiger charge is -2.30. The summed E-state index contributed by atoms with van der Waals surface area (Å²) in [6.07, 6.45) is 0.348. The van der Waals surface area contributed by atoms with Crippen LogP contribution in [0.5, 0.6) is 0 Å². The van der Waals surface area contributed by atoms with Gasteiger partial charge in [-0.2, -0.15) is 0 Å². The fourth-order valence-corrected chi connectivity index (χ4v) is 4.04. The number of hydrogen-bond acceptors (Lipinski definition) is 3. The molecular formula is C24H37NO3. The van der Waals surface area contributed by atoms with Crippen LogP contribution in [0, 0.1) is 0 Å². The van der Waals surface area contributed by atoms with Crippen molar-refractivity contribution in [3.05, 3.63) is 47.0 Å². The van der Waals surface area contributed by atoms with Crippen LogP contribution in [0.2, 0.25) is 0 Å². The second-order valence-corrected chi connectivity index (χ2v) is 8.92. The van der Waals surface area contributed by atoms with Crippen LogP contribution in [0.3, 0.4) is 0 Å². The molecule has 4 heteroatoms. The van der Waals surface area contributed by atoms with Gasteiger partial charge in [-0.3, -0.25) is 4.79 Å². The topological polar surface area (TPSA) is 58.6 Å². The van der Waals surface area contributed by atoms with Gasteiger partial charge in [0.2, 0.25) is 5.91 Å². The van der Waals surface area contributed by atoms with Crippen LogP contribution >= 0.6 is 0 Å². The van der Waals surface area contributed by atoms with Gasteiger partial charge < -0.3 is 15.2 Å². The average molecular weight is 388 g/mol. The fraction of sp³-hybridized carbons (Fsp3) is 0.625. The van der Waals surface area contributed by atoms with E-state index in [1.54, 1.807) is 0 Å². The number of aliphatic hydroxyl groups excluding tert-OH is 1. The van der Waals surface area contributed by atoms with Gasteiger partial charge in [-0.05, 0) is 46.9 Å². The van der Waals surface area contributed by atoms with Crippen LogP contribution in [-0.2, 0) is 9.53 Å². The van der Waals surface area contributed by atoms with Crippen molar-refractivity contribution in [2.24, 2.45) is 0 Å². The number of rotatable bonds is 8. The maximum Gasteiger partial charge on any atom is 0.223 e. The Hall–Kier alpha value is -1.65. The molecular weight excluding hydrogens is 350 g/mol. The normalized spacial score (nSPS) is 22.0. The lowest BCUT2D eigenvalue weighted by Crippen LogP contribution is -2.42. The first kappa shape index (κ1) is 22.6. The first-order valence-corrected chi connectivity index (χ1v) is 10.5. The van der Waals surface area contributed by atoms with Crippen molar-refractivity contribution >= 4 is 5.91 Å². The van der Waals surface area contributed by atoms with Crippen LogP contribution in [0.25, 0.3) is 0 Å². The highest BCUT2D eigenvalue weighted by atomic mass is 16.5. The Morgan fingerprint density at radius 3 is 2.04 bits per heavy atom. The van der Waals surface area contributed by atoms with Crippen molar-refractivity contribution in [1.82, 2.24) is 5.32 Å². The molecule has 1 aliphatic heterocycles. The average Bonchev–Trinajstić information content (AvgIpc) is 2.99. The minimum atomic E-state index is -0.818. The van der Waals surface area contributed by atoms with E-state index in [0.717, 1.165) is 0 Å². The SMILES string of the molecule is C=C[C@@H](O)[C@H]1NC(=O)C[C@H]1O[C@@H](C)c1c(C(C)C)cc(C(C)C)cc1C(C)C. The van der Waals surface area contributed by atoms with Gasteiger partial charge in [-0.15, -0.1) is 6.58 Å². The summed E-state index contributed by atoms with van der Waals surface area (Å²) in [5.41, 5.74) is 5.18. The van der Waals surface area contributed by atoms with Crippen LogP contribution < -0.4 is 5.32 Å². The molecule has 2 rings (SSSR count). The molecule has 0 saturated carbocycles. The molecule has 1 aromatic carbocycles. The highest BCUT2D eigenvalue weighted by molar-refractivity contribution is 5.79. The van der Waals surface area contributed by atoms with E-state index in [1.165, 1.54) is 28.3 Å². The quantitative estimate of drug-likeness (QED) is 0.621. The minimum Gasteiger partial charge on any atom is -0.387 e. The highest BCUT2D eigenvalue weighted by Crippen LogP contribution is 2.38. The number of hydrogen-bond donors (Lipinski definition) is 2. The van der Waals surface area contributed by atoms with E-state index in [4.69, 9.17) is 4.74 Å². The van der Waals surface area contributed by atoms with E-state index < -0.39 is 12.1 Å². The monoisotopic (exact) mass is 387 g/mol. The predicted molar refractivity (Wildman–Crippen MR) is 115 cm³/mol. The third kappa shape index (κ3) is 4.84. The Labute approximate surface area is 170 Å². The molecule has 0 radical (unpaired) electrons. The van der Waals surface area contributed by atoms with Crippen LogP contribution in [0.15, 0.2) is 24.8 Å². The summed E-state index contributed by atoms with van der Waals surface area (Å²) >= 11 is 0. The number of ether oxygens (including phenoxy) is 1. The molecule has 1 amide bonds. The van der Waals surface area contributed by atoms with E-state index in [9.17, 15) is 9.90 Å². The molecule has 1 fully saturated rings. The maximum atomic E-state index is 11.9. The standard InChI is InChI=1S/C24H37NO3/c1-9-20(26)24-21(12-22(27)25-24)28-16(8)23-18(14(4)5)10-17(13(2)3)11-19(23)15(6)7/h9-11,13-16,20-21,24,26H,1,12H2,2-8H3,(H,25,27)/t16-,20+,21+,24+/m0/s1. The summed E-state index contributed by atoms with van der Waals surface area (Å²) in [7, 11) is 0. The zero-order valence-electron chi connectivity index (χ0n) is 18.5. The zero-order valence-corrected chi connectivity index (χ0v) is 18.5. The molecule has 2 N–H and O–H groups in total. The molecule has 0 spiro atoms. The number of aliphatic hydroxyl groups is 1.